The summed E-state index contributed by atoms with van der Waals surface area (Å²) in [6.07, 6.45) is 2.09. The highest BCUT2D eigenvalue weighted by atomic mass is 16.3. The quantitative estimate of drug-likeness (QED) is 0.637. The second kappa shape index (κ2) is 9.71. The van der Waals surface area contributed by atoms with E-state index in [-0.39, 0.29) is 6.61 Å². The Morgan fingerprint density at radius 1 is 0.692 bits per heavy atom. The van der Waals surface area contributed by atoms with E-state index in [2.05, 4.69) is 71.6 Å². The van der Waals surface area contributed by atoms with E-state index in [0.717, 1.165) is 30.8 Å². The van der Waals surface area contributed by atoms with Gasteiger partial charge in [0.25, 0.3) is 0 Å². The van der Waals surface area contributed by atoms with Crippen molar-refractivity contribution in [2.45, 2.75) is 13.1 Å². The van der Waals surface area contributed by atoms with Crippen molar-refractivity contribution in [2.75, 3.05) is 13.2 Å². The molecule has 0 unspecified atom stereocenters. The third kappa shape index (κ3) is 5.69. The molecule has 0 radical (unpaired) electrons. The summed E-state index contributed by atoms with van der Waals surface area (Å²) in [6, 6.07) is 31.1. The molecule has 0 heterocycles. The summed E-state index contributed by atoms with van der Waals surface area (Å²) >= 11 is 0. The molecule has 1 N–H and O–H groups in total. The summed E-state index contributed by atoms with van der Waals surface area (Å²) in [7, 11) is 0. The molecule has 0 aliphatic rings. The predicted molar refractivity (Wildman–Crippen MR) is 109 cm³/mol. The number of hydrogen-bond donors (Lipinski definition) is 1. The summed E-state index contributed by atoms with van der Waals surface area (Å²) in [5.41, 5.74) is 4.69. The Labute approximate surface area is 156 Å². The third-order valence-electron chi connectivity index (χ3n) is 4.30. The lowest BCUT2D eigenvalue weighted by Gasteiger charge is -2.24. The highest BCUT2D eigenvalue weighted by molar-refractivity contribution is 5.53. The zero-order valence-corrected chi connectivity index (χ0v) is 15.0. The lowest BCUT2D eigenvalue weighted by Crippen LogP contribution is -2.26. The molecule has 0 fully saturated rings. The van der Waals surface area contributed by atoms with Gasteiger partial charge in [0, 0.05) is 19.6 Å². The van der Waals surface area contributed by atoms with Gasteiger partial charge in [0.2, 0.25) is 0 Å². The smallest absolute Gasteiger partial charge is 0.0657 e. The number of rotatable bonds is 8. The average molecular weight is 343 g/mol. The molecule has 2 heteroatoms. The number of aliphatic hydroxyl groups is 1. The summed E-state index contributed by atoms with van der Waals surface area (Å²) < 4.78 is 0. The van der Waals surface area contributed by atoms with E-state index < -0.39 is 0 Å². The molecule has 0 amide bonds. The van der Waals surface area contributed by atoms with E-state index in [1.165, 1.54) is 11.1 Å². The van der Waals surface area contributed by atoms with Crippen LogP contribution in [0.1, 0.15) is 16.7 Å². The van der Waals surface area contributed by atoms with Crippen molar-refractivity contribution in [1.29, 1.82) is 0 Å². The largest absolute Gasteiger partial charge is 0.392 e. The van der Waals surface area contributed by atoms with E-state index in [0.29, 0.717) is 0 Å². The molecule has 0 bridgehead atoms. The lowest BCUT2D eigenvalue weighted by atomic mass is 10.1. The van der Waals surface area contributed by atoms with Crippen LogP contribution in [0.25, 0.3) is 6.08 Å². The fraction of sp³-hybridized carbons (Fsp3) is 0.167. The maximum atomic E-state index is 9.87. The van der Waals surface area contributed by atoms with Crippen LogP contribution in [0.2, 0.25) is 0 Å². The van der Waals surface area contributed by atoms with E-state index in [1.807, 2.05) is 30.3 Å². The zero-order chi connectivity index (χ0) is 18.0. The molecule has 0 aromatic heterocycles. The van der Waals surface area contributed by atoms with Crippen LogP contribution in [-0.4, -0.2) is 23.2 Å². The summed E-state index contributed by atoms with van der Waals surface area (Å²) in [6.45, 7) is 2.49. The van der Waals surface area contributed by atoms with Gasteiger partial charge in [-0.15, -0.1) is 0 Å². The molecule has 0 aliphatic carbocycles. The van der Waals surface area contributed by atoms with Gasteiger partial charge in [-0.05, 0) is 22.3 Å². The first-order chi connectivity index (χ1) is 12.8. The first kappa shape index (κ1) is 18.1. The van der Waals surface area contributed by atoms with E-state index in [4.69, 9.17) is 0 Å². The molecule has 0 aliphatic heterocycles. The third-order valence-corrected chi connectivity index (χ3v) is 4.30. The maximum Gasteiger partial charge on any atom is 0.0657 e. The Kier molecular flexibility index (Phi) is 6.77. The van der Waals surface area contributed by atoms with Crippen LogP contribution in [0.15, 0.2) is 96.6 Å². The number of hydrogen-bond acceptors (Lipinski definition) is 2. The van der Waals surface area contributed by atoms with Crippen LogP contribution in [0.4, 0.5) is 0 Å². The minimum Gasteiger partial charge on any atom is -0.392 e. The molecule has 0 saturated heterocycles. The Morgan fingerprint density at radius 2 is 1.15 bits per heavy atom. The monoisotopic (exact) mass is 343 g/mol. The summed E-state index contributed by atoms with van der Waals surface area (Å²) in [4.78, 5) is 2.37. The highest BCUT2D eigenvalue weighted by Crippen LogP contribution is 2.14. The number of nitrogens with zero attached hydrogens (tertiary/aromatic N) is 1. The molecular formula is C24H25NO. The van der Waals surface area contributed by atoms with E-state index in [9.17, 15) is 5.11 Å². The normalized spacial score (nSPS) is 11.7. The van der Waals surface area contributed by atoms with Gasteiger partial charge in [-0.25, -0.2) is 0 Å². The second-order valence-corrected chi connectivity index (χ2v) is 6.49. The maximum absolute atomic E-state index is 9.87. The molecule has 0 spiro atoms. The Hall–Kier alpha value is -2.68. The van der Waals surface area contributed by atoms with Gasteiger partial charge in [0.15, 0.2) is 0 Å². The molecule has 0 atom stereocenters. The van der Waals surface area contributed by atoms with Crippen molar-refractivity contribution < 1.29 is 5.11 Å². The van der Waals surface area contributed by atoms with Crippen LogP contribution >= 0.6 is 0 Å². The van der Waals surface area contributed by atoms with E-state index >= 15 is 0 Å². The predicted octanol–water partition coefficient (Wildman–Crippen LogP) is 4.76. The zero-order valence-electron chi connectivity index (χ0n) is 15.0. The van der Waals surface area contributed by atoms with Crippen LogP contribution in [0.5, 0.6) is 0 Å². The molecule has 3 rings (SSSR count). The molecule has 26 heavy (non-hydrogen) atoms. The fourth-order valence-electron chi connectivity index (χ4n) is 3.06. The molecule has 3 aromatic carbocycles. The van der Waals surface area contributed by atoms with Crippen LogP contribution in [0.3, 0.4) is 0 Å². The number of benzene rings is 3. The minimum absolute atomic E-state index is 0.0645. The van der Waals surface area contributed by atoms with Gasteiger partial charge in [-0.1, -0.05) is 97.1 Å². The minimum atomic E-state index is 0.0645. The van der Waals surface area contributed by atoms with Gasteiger partial charge in [-0.3, -0.25) is 4.90 Å². The van der Waals surface area contributed by atoms with Crippen molar-refractivity contribution in [3.63, 3.8) is 0 Å². The Bertz CT molecular complexity index is 756. The lowest BCUT2D eigenvalue weighted by molar-refractivity contribution is 0.256. The van der Waals surface area contributed by atoms with Crippen molar-refractivity contribution in [1.82, 2.24) is 4.90 Å². The molecule has 132 valence electrons. The van der Waals surface area contributed by atoms with Crippen molar-refractivity contribution in [2.24, 2.45) is 0 Å². The standard InChI is InChI=1S/C24H25NO/c26-20-24(16-21-10-4-1-5-11-21)19-25(17-22-12-6-2-7-13-22)18-23-14-8-3-9-15-23/h1-16,26H,17-20H2/b24-16-. The number of aliphatic hydroxyl groups excluding tert-OH is 1. The fourth-order valence-corrected chi connectivity index (χ4v) is 3.06. The first-order valence-electron chi connectivity index (χ1n) is 8.99. The van der Waals surface area contributed by atoms with Crippen LogP contribution in [-0.2, 0) is 13.1 Å². The molecule has 2 nitrogen and oxygen atoms in total. The topological polar surface area (TPSA) is 23.5 Å². The van der Waals surface area contributed by atoms with Crippen LogP contribution < -0.4 is 0 Å². The van der Waals surface area contributed by atoms with Gasteiger partial charge >= 0.3 is 0 Å². The summed E-state index contributed by atoms with van der Waals surface area (Å²) in [5, 5.41) is 9.87. The first-order valence-corrected chi connectivity index (χ1v) is 8.99. The van der Waals surface area contributed by atoms with Gasteiger partial charge in [0.05, 0.1) is 6.61 Å². The SMILES string of the molecule is OC/C(=C\c1ccccc1)CN(Cc1ccccc1)Cc1ccccc1. The van der Waals surface area contributed by atoms with Gasteiger partial charge in [0.1, 0.15) is 0 Å². The van der Waals surface area contributed by atoms with Gasteiger partial charge in [-0.2, -0.15) is 0 Å². The van der Waals surface area contributed by atoms with Gasteiger partial charge < -0.3 is 5.11 Å². The Balaban J connectivity index is 1.78. The summed E-state index contributed by atoms with van der Waals surface area (Å²) in [5.74, 6) is 0. The van der Waals surface area contributed by atoms with Crippen molar-refractivity contribution >= 4 is 6.08 Å². The Morgan fingerprint density at radius 3 is 1.62 bits per heavy atom. The molecular weight excluding hydrogens is 318 g/mol. The van der Waals surface area contributed by atoms with E-state index in [1.54, 1.807) is 0 Å². The highest BCUT2D eigenvalue weighted by Gasteiger charge is 2.10. The average Bonchev–Trinajstić information content (AvgIpc) is 2.70. The molecule has 3 aromatic rings. The van der Waals surface area contributed by atoms with Crippen LogP contribution in [0, 0.1) is 0 Å². The second-order valence-electron chi connectivity index (χ2n) is 6.49. The van der Waals surface area contributed by atoms with Crippen molar-refractivity contribution in [3.8, 4) is 0 Å². The molecule has 0 saturated carbocycles. The van der Waals surface area contributed by atoms with Crippen molar-refractivity contribution in [3.05, 3.63) is 113 Å².